The van der Waals surface area contributed by atoms with Gasteiger partial charge in [0.2, 0.25) is 11.8 Å². The average molecular weight is 279 g/mol. The van der Waals surface area contributed by atoms with E-state index in [1.807, 2.05) is 9.80 Å². The second-order valence-corrected chi connectivity index (χ2v) is 6.43. The normalized spacial score (nSPS) is 34.0. The highest BCUT2D eigenvalue weighted by atomic mass is 16.2. The largest absolute Gasteiger partial charge is 0.341 e. The molecule has 5 heteroatoms. The van der Waals surface area contributed by atoms with Crippen LogP contribution in [0.25, 0.3) is 0 Å². The van der Waals surface area contributed by atoms with Gasteiger partial charge < -0.3 is 15.1 Å². The minimum absolute atomic E-state index is 0.0337. The molecule has 2 saturated heterocycles. The first-order valence-electron chi connectivity index (χ1n) is 7.94. The number of carbonyl (C=O) groups excluding carboxylic acids is 2. The van der Waals surface area contributed by atoms with E-state index in [2.05, 4.69) is 5.32 Å². The van der Waals surface area contributed by atoms with Gasteiger partial charge in [-0.2, -0.15) is 0 Å². The van der Waals surface area contributed by atoms with E-state index in [-0.39, 0.29) is 17.9 Å². The minimum Gasteiger partial charge on any atom is -0.341 e. The Labute approximate surface area is 120 Å². The van der Waals surface area contributed by atoms with Gasteiger partial charge in [0.05, 0.1) is 6.04 Å². The lowest BCUT2D eigenvalue weighted by atomic mass is 9.93. The molecule has 2 aliphatic heterocycles. The molecule has 0 spiro atoms. The Balaban J connectivity index is 1.61. The Morgan fingerprint density at radius 2 is 1.75 bits per heavy atom. The summed E-state index contributed by atoms with van der Waals surface area (Å²) in [6.45, 7) is 5.56. The molecule has 1 N–H and O–H groups in total. The van der Waals surface area contributed by atoms with Crippen LogP contribution in [0.1, 0.15) is 32.6 Å². The standard InChI is InChI=1S/C15H25N3O2/c1-11(19)17-6-3-7-18(9-8-17)15(20)14-13-5-2-4-12(13)10-16-14/h12-14,16H,2-10H2,1H3. The van der Waals surface area contributed by atoms with Crippen LogP contribution in [0.2, 0.25) is 0 Å². The SMILES string of the molecule is CC(=O)N1CCCN(C(=O)C2NCC3CCCC32)CC1. The van der Waals surface area contributed by atoms with E-state index in [4.69, 9.17) is 0 Å². The maximum Gasteiger partial charge on any atom is 0.240 e. The Hall–Kier alpha value is -1.10. The first-order valence-corrected chi connectivity index (χ1v) is 7.94. The first-order chi connectivity index (χ1) is 9.66. The molecule has 5 nitrogen and oxygen atoms in total. The van der Waals surface area contributed by atoms with Crippen LogP contribution in [0.3, 0.4) is 0 Å². The highest BCUT2D eigenvalue weighted by molar-refractivity contribution is 5.83. The fourth-order valence-corrected chi connectivity index (χ4v) is 4.11. The fourth-order valence-electron chi connectivity index (χ4n) is 4.11. The summed E-state index contributed by atoms with van der Waals surface area (Å²) in [4.78, 5) is 28.0. The highest BCUT2D eigenvalue weighted by Crippen LogP contribution is 2.38. The van der Waals surface area contributed by atoms with Crippen LogP contribution < -0.4 is 5.32 Å². The van der Waals surface area contributed by atoms with E-state index in [9.17, 15) is 9.59 Å². The Morgan fingerprint density at radius 1 is 1.00 bits per heavy atom. The van der Waals surface area contributed by atoms with Crippen LogP contribution in [0.5, 0.6) is 0 Å². The quantitative estimate of drug-likeness (QED) is 0.758. The molecule has 3 rings (SSSR count). The molecule has 2 amide bonds. The van der Waals surface area contributed by atoms with Crippen molar-refractivity contribution in [1.82, 2.24) is 15.1 Å². The second kappa shape index (κ2) is 5.72. The van der Waals surface area contributed by atoms with E-state index >= 15 is 0 Å². The predicted molar refractivity (Wildman–Crippen MR) is 76.1 cm³/mol. The van der Waals surface area contributed by atoms with Gasteiger partial charge in [0.1, 0.15) is 0 Å². The van der Waals surface area contributed by atoms with E-state index in [1.54, 1.807) is 6.92 Å². The molecular formula is C15H25N3O2. The summed E-state index contributed by atoms with van der Waals surface area (Å²) < 4.78 is 0. The zero-order valence-corrected chi connectivity index (χ0v) is 12.3. The van der Waals surface area contributed by atoms with Crippen molar-refractivity contribution < 1.29 is 9.59 Å². The zero-order valence-electron chi connectivity index (χ0n) is 12.3. The summed E-state index contributed by atoms with van der Waals surface area (Å²) in [6.07, 6.45) is 4.64. The molecule has 20 heavy (non-hydrogen) atoms. The van der Waals surface area contributed by atoms with Crippen LogP contribution >= 0.6 is 0 Å². The summed E-state index contributed by atoms with van der Waals surface area (Å²) in [5.41, 5.74) is 0. The molecule has 2 heterocycles. The van der Waals surface area contributed by atoms with Crippen molar-refractivity contribution in [3.05, 3.63) is 0 Å². The topological polar surface area (TPSA) is 52.7 Å². The summed E-state index contributed by atoms with van der Waals surface area (Å²) in [6, 6.07) is 0.0337. The van der Waals surface area contributed by atoms with E-state index in [0.717, 1.165) is 26.1 Å². The molecule has 3 fully saturated rings. The zero-order chi connectivity index (χ0) is 14.1. The third-order valence-corrected chi connectivity index (χ3v) is 5.26. The molecule has 3 aliphatic rings. The number of rotatable bonds is 1. The molecule has 3 unspecified atom stereocenters. The molecule has 1 aliphatic carbocycles. The van der Waals surface area contributed by atoms with Gasteiger partial charge in [-0.3, -0.25) is 9.59 Å². The van der Waals surface area contributed by atoms with Crippen molar-refractivity contribution in [3.8, 4) is 0 Å². The van der Waals surface area contributed by atoms with E-state index in [1.165, 1.54) is 19.3 Å². The van der Waals surface area contributed by atoms with Crippen LogP contribution in [-0.2, 0) is 9.59 Å². The summed E-state index contributed by atoms with van der Waals surface area (Å²) >= 11 is 0. The number of amides is 2. The van der Waals surface area contributed by atoms with E-state index in [0.29, 0.717) is 24.9 Å². The van der Waals surface area contributed by atoms with Gasteiger partial charge in [-0.05, 0) is 37.6 Å². The van der Waals surface area contributed by atoms with E-state index < -0.39 is 0 Å². The van der Waals surface area contributed by atoms with Crippen LogP contribution in [-0.4, -0.2) is 60.4 Å². The van der Waals surface area contributed by atoms with Crippen LogP contribution in [0, 0.1) is 11.8 Å². The summed E-state index contributed by atoms with van der Waals surface area (Å²) in [7, 11) is 0. The fraction of sp³-hybridized carbons (Fsp3) is 0.867. The number of hydrogen-bond acceptors (Lipinski definition) is 3. The monoisotopic (exact) mass is 279 g/mol. The van der Waals surface area contributed by atoms with Gasteiger partial charge in [0.15, 0.2) is 0 Å². The summed E-state index contributed by atoms with van der Waals surface area (Å²) in [5.74, 6) is 1.65. The molecule has 0 aromatic heterocycles. The molecule has 0 bridgehead atoms. The lowest BCUT2D eigenvalue weighted by Crippen LogP contribution is -2.47. The highest BCUT2D eigenvalue weighted by Gasteiger charge is 2.43. The van der Waals surface area contributed by atoms with Gasteiger partial charge in [-0.15, -0.1) is 0 Å². The lowest BCUT2D eigenvalue weighted by Gasteiger charge is -2.27. The first kappa shape index (κ1) is 13.9. The van der Waals surface area contributed by atoms with Crippen molar-refractivity contribution in [3.63, 3.8) is 0 Å². The molecule has 0 radical (unpaired) electrons. The maximum atomic E-state index is 12.7. The van der Waals surface area contributed by atoms with Gasteiger partial charge in [-0.25, -0.2) is 0 Å². The Morgan fingerprint density at radius 3 is 2.55 bits per heavy atom. The van der Waals surface area contributed by atoms with Gasteiger partial charge in [0.25, 0.3) is 0 Å². The number of carbonyl (C=O) groups is 2. The molecular weight excluding hydrogens is 254 g/mol. The molecule has 3 atom stereocenters. The number of fused-ring (bicyclic) bond motifs is 1. The lowest BCUT2D eigenvalue weighted by molar-refractivity contribution is -0.135. The number of nitrogens with one attached hydrogen (secondary N) is 1. The van der Waals surface area contributed by atoms with Crippen LogP contribution in [0.15, 0.2) is 0 Å². The van der Waals surface area contributed by atoms with Crippen molar-refractivity contribution in [2.45, 2.75) is 38.6 Å². The Kier molecular flexibility index (Phi) is 3.96. The maximum absolute atomic E-state index is 12.7. The van der Waals surface area contributed by atoms with Crippen LogP contribution in [0.4, 0.5) is 0 Å². The summed E-state index contributed by atoms with van der Waals surface area (Å²) in [5, 5.41) is 3.44. The molecule has 0 aromatic carbocycles. The predicted octanol–water partition coefficient (Wildman–Crippen LogP) is 0.455. The van der Waals surface area contributed by atoms with Crippen molar-refractivity contribution in [2.75, 3.05) is 32.7 Å². The van der Waals surface area contributed by atoms with Gasteiger partial charge in [0, 0.05) is 33.1 Å². The smallest absolute Gasteiger partial charge is 0.240 e. The van der Waals surface area contributed by atoms with Crippen molar-refractivity contribution in [1.29, 1.82) is 0 Å². The number of hydrogen-bond donors (Lipinski definition) is 1. The second-order valence-electron chi connectivity index (χ2n) is 6.43. The Bertz CT molecular complexity index is 399. The molecule has 1 saturated carbocycles. The number of nitrogens with zero attached hydrogens (tertiary/aromatic N) is 2. The molecule has 112 valence electrons. The van der Waals surface area contributed by atoms with Gasteiger partial charge >= 0.3 is 0 Å². The third kappa shape index (κ3) is 2.55. The van der Waals surface area contributed by atoms with Crippen molar-refractivity contribution in [2.24, 2.45) is 11.8 Å². The van der Waals surface area contributed by atoms with Gasteiger partial charge in [-0.1, -0.05) is 6.42 Å². The minimum atomic E-state index is 0.0337. The molecule has 0 aromatic rings. The van der Waals surface area contributed by atoms with Crippen molar-refractivity contribution >= 4 is 11.8 Å². The average Bonchev–Trinajstić information content (AvgIpc) is 2.93. The third-order valence-electron chi connectivity index (χ3n) is 5.26.